The highest BCUT2D eigenvalue weighted by molar-refractivity contribution is 6.00. The Morgan fingerprint density at radius 3 is 2.70 bits per heavy atom. The topological polar surface area (TPSA) is 82.1 Å². The molecule has 2 aliphatic rings. The number of anilines is 1. The zero-order valence-electron chi connectivity index (χ0n) is 14.5. The van der Waals surface area contributed by atoms with Gasteiger partial charge in [0.1, 0.15) is 0 Å². The molecule has 7 heteroatoms. The number of hydrogen-bond acceptors (Lipinski definition) is 6. The van der Waals surface area contributed by atoms with E-state index in [0.29, 0.717) is 41.3 Å². The summed E-state index contributed by atoms with van der Waals surface area (Å²) >= 11 is 0. The molecule has 2 heterocycles. The van der Waals surface area contributed by atoms with Crippen LogP contribution in [-0.4, -0.2) is 37.6 Å². The number of esters is 1. The minimum absolute atomic E-state index is 0.0403. The first-order valence-corrected chi connectivity index (χ1v) is 8.62. The smallest absolute Gasteiger partial charge is 0.338 e. The lowest BCUT2D eigenvalue weighted by atomic mass is 10.1. The summed E-state index contributed by atoms with van der Waals surface area (Å²) in [5.41, 5.74) is 1.34. The molecule has 0 N–H and O–H groups in total. The highest BCUT2D eigenvalue weighted by Gasteiger charge is 2.23. The number of nitrogens with zero attached hydrogens (tertiary/aromatic N) is 1. The van der Waals surface area contributed by atoms with Crippen LogP contribution >= 0.6 is 0 Å². The van der Waals surface area contributed by atoms with Crippen LogP contribution in [0.3, 0.4) is 0 Å². The van der Waals surface area contributed by atoms with E-state index in [-0.39, 0.29) is 25.1 Å². The zero-order chi connectivity index (χ0) is 18.8. The van der Waals surface area contributed by atoms with Crippen molar-refractivity contribution in [2.45, 2.75) is 12.8 Å². The number of rotatable bonds is 5. The van der Waals surface area contributed by atoms with Crippen molar-refractivity contribution in [3.05, 3.63) is 53.6 Å². The number of hydrogen-bond donors (Lipinski definition) is 0. The molecule has 138 valence electrons. The Hall–Kier alpha value is -3.35. The van der Waals surface area contributed by atoms with Gasteiger partial charge in [-0.1, -0.05) is 6.07 Å². The van der Waals surface area contributed by atoms with Gasteiger partial charge in [-0.15, -0.1) is 0 Å². The first kappa shape index (κ1) is 17.1. The Balaban J connectivity index is 1.40. The maximum Gasteiger partial charge on any atom is 0.338 e. The first-order valence-electron chi connectivity index (χ1n) is 8.62. The van der Waals surface area contributed by atoms with E-state index in [0.717, 1.165) is 6.42 Å². The van der Waals surface area contributed by atoms with E-state index in [1.165, 1.54) is 0 Å². The van der Waals surface area contributed by atoms with Crippen LogP contribution in [0.1, 0.15) is 33.6 Å². The second kappa shape index (κ2) is 7.11. The molecular formula is C20H17NO6. The molecule has 0 unspecified atom stereocenters. The van der Waals surface area contributed by atoms with E-state index in [4.69, 9.17) is 14.2 Å². The third kappa shape index (κ3) is 3.48. The molecule has 1 amide bonds. The molecule has 0 aromatic heterocycles. The van der Waals surface area contributed by atoms with E-state index in [1.54, 1.807) is 47.4 Å². The number of carbonyl (C=O) groups is 3. The molecule has 2 aliphatic heterocycles. The van der Waals surface area contributed by atoms with Gasteiger partial charge < -0.3 is 19.1 Å². The predicted octanol–water partition coefficient (Wildman–Crippen LogP) is 2.58. The number of amides is 1. The maximum atomic E-state index is 12.3. The first-order chi connectivity index (χ1) is 13.1. The van der Waals surface area contributed by atoms with Crippen LogP contribution in [0, 0.1) is 0 Å². The number of carbonyl (C=O) groups excluding carboxylic acids is 3. The quantitative estimate of drug-likeness (QED) is 0.597. The minimum Gasteiger partial charge on any atom is -0.454 e. The highest BCUT2D eigenvalue weighted by Crippen LogP contribution is 2.32. The summed E-state index contributed by atoms with van der Waals surface area (Å²) in [6.45, 7) is 0.378. The Kier molecular flexibility index (Phi) is 4.50. The van der Waals surface area contributed by atoms with Crippen LogP contribution in [0.5, 0.6) is 11.5 Å². The normalized spacial score (nSPS) is 15.1. The summed E-state index contributed by atoms with van der Waals surface area (Å²) < 4.78 is 15.6. The van der Waals surface area contributed by atoms with Crippen LogP contribution in [0.15, 0.2) is 42.5 Å². The number of Topliss-reactive ketones (excluding diaryl/α,β-unsaturated/α-hetero) is 1. The number of ketones is 1. The molecule has 1 saturated heterocycles. The Labute approximate surface area is 155 Å². The van der Waals surface area contributed by atoms with E-state index in [1.807, 2.05) is 0 Å². The molecule has 0 atom stereocenters. The van der Waals surface area contributed by atoms with Crippen LogP contribution in [0.2, 0.25) is 0 Å². The standard InChI is InChI=1S/C20H17NO6/c22-16(13-6-7-17-18(10-13)27-12-26-17)11-25-20(24)14-3-1-4-15(9-14)21-8-2-5-19(21)23/h1,3-4,6-7,9-10H,2,5,8,11-12H2. The summed E-state index contributed by atoms with van der Waals surface area (Å²) in [6.07, 6.45) is 1.32. The van der Waals surface area contributed by atoms with Crippen molar-refractivity contribution in [3.63, 3.8) is 0 Å². The molecule has 1 fully saturated rings. The van der Waals surface area contributed by atoms with Gasteiger partial charge in [0.2, 0.25) is 12.7 Å². The summed E-state index contributed by atoms with van der Waals surface area (Å²) in [6, 6.07) is 11.5. The summed E-state index contributed by atoms with van der Waals surface area (Å²) in [7, 11) is 0. The van der Waals surface area contributed by atoms with Crippen molar-refractivity contribution in [3.8, 4) is 11.5 Å². The molecule has 0 radical (unpaired) electrons. The van der Waals surface area contributed by atoms with Gasteiger partial charge in [0.15, 0.2) is 23.9 Å². The summed E-state index contributed by atoms with van der Waals surface area (Å²) in [5.74, 6) is 0.163. The van der Waals surface area contributed by atoms with Crippen molar-refractivity contribution in [2.24, 2.45) is 0 Å². The molecule has 0 bridgehead atoms. The fourth-order valence-electron chi connectivity index (χ4n) is 3.09. The van der Waals surface area contributed by atoms with Crippen LogP contribution in [-0.2, 0) is 9.53 Å². The van der Waals surface area contributed by atoms with Gasteiger partial charge in [-0.2, -0.15) is 0 Å². The molecule has 2 aromatic rings. The fraction of sp³-hybridized carbons (Fsp3) is 0.250. The fourth-order valence-corrected chi connectivity index (χ4v) is 3.09. The third-order valence-electron chi connectivity index (χ3n) is 4.50. The lowest BCUT2D eigenvalue weighted by Gasteiger charge is -2.16. The molecule has 7 nitrogen and oxygen atoms in total. The van der Waals surface area contributed by atoms with Crippen molar-refractivity contribution < 1.29 is 28.6 Å². The summed E-state index contributed by atoms with van der Waals surface area (Å²) in [4.78, 5) is 38.1. The molecule has 0 saturated carbocycles. The molecule has 2 aromatic carbocycles. The number of ether oxygens (including phenoxy) is 3. The van der Waals surface area contributed by atoms with Crippen molar-refractivity contribution in [1.82, 2.24) is 0 Å². The van der Waals surface area contributed by atoms with Gasteiger partial charge >= 0.3 is 5.97 Å². The third-order valence-corrected chi connectivity index (χ3v) is 4.50. The Bertz CT molecular complexity index is 922. The molecule has 0 aliphatic carbocycles. The van der Waals surface area contributed by atoms with Gasteiger partial charge in [0, 0.05) is 24.2 Å². The van der Waals surface area contributed by atoms with E-state index in [9.17, 15) is 14.4 Å². The lowest BCUT2D eigenvalue weighted by molar-refractivity contribution is -0.117. The second-order valence-electron chi connectivity index (χ2n) is 6.27. The SMILES string of the molecule is O=C(COC(=O)c1cccc(N2CCCC2=O)c1)c1ccc2c(c1)OCO2. The molecule has 27 heavy (non-hydrogen) atoms. The average Bonchev–Trinajstić information content (AvgIpc) is 3.33. The highest BCUT2D eigenvalue weighted by atomic mass is 16.7. The minimum atomic E-state index is -0.613. The molecule has 0 spiro atoms. The largest absolute Gasteiger partial charge is 0.454 e. The van der Waals surface area contributed by atoms with Gasteiger partial charge in [0.25, 0.3) is 0 Å². The van der Waals surface area contributed by atoms with Crippen molar-refractivity contribution in [2.75, 3.05) is 24.8 Å². The maximum absolute atomic E-state index is 12.3. The number of benzene rings is 2. The second-order valence-corrected chi connectivity index (χ2v) is 6.27. The van der Waals surface area contributed by atoms with Crippen LogP contribution < -0.4 is 14.4 Å². The predicted molar refractivity (Wildman–Crippen MR) is 95.2 cm³/mol. The lowest BCUT2D eigenvalue weighted by Crippen LogP contribution is -2.24. The molecular weight excluding hydrogens is 350 g/mol. The van der Waals surface area contributed by atoms with E-state index in [2.05, 4.69) is 0 Å². The van der Waals surface area contributed by atoms with Gasteiger partial charge in [-0.05, 0) is 42.8 Å². The Morgan fingerprint density at radius 2 is 1.89 bits per heavy atom. The van der Waals surface area contributed by atoms with Gasteiger partial charge in [-0.3, -0.25) is 9.59 Å². The van der Waals surface area contributed by atoms with E-state index < -0.39 is 5.97 Å². The van der Waals surface area contributed by atoms with Crippen LogP contribution in [0.4, 0.5) is 5.69 Å². The number of fused-ring (bicyclic) bond motifs is 1. The van der Waals surface area contributed by atoms with Crippen molar-refractivity contribution >= 4 is 23.3 Å². The summed E-state index contributed by atoms with van der Waals surface area (Å²) in [5, 5.41) is 0. The molecule has 4 rings (SSSR count). The van der Waals surface area contributed by atoms with E-state index >= 15 is 0 Å². The Morgan fingerprint density at radius 1 is 1.04 bits per heavy atom. The average molecular weight is 367 g/mol. The van der Waals surface area contributed by atoms with Gasteiger partial charge in [-0.25, -0.2) is 4.79 Å². The van der Waals surface area contributed by atoms with Crippen LogP contribution in [0.25, 0.3) is 0 Å². The zero-order valence-corrected chi connectivity index (χ0v) is 14.5. The monoisotopic (exact) mass is 367 g/mol. The van der Waals surface area contributed by atoms with Gasteiger partial charge in [0.05, 0.1) is 5.56 Å². The van der Waals surface area contributed by atoms with Crippen molar-refractivity contribution in [1.29, 1.82) is 0 Å².